The van der Waals surface area contributed by atoms with Crippen molar-refractivity contribution in [2.24, 2.45) is 5.92 Å². The van der Waals surface area contributed by atoms with Crippen LogP contribution < -0.4 is 10.9 Å². The maximum atomic E-state index is 13.5. The van der Waals surface area contributed by atoms with Gasteiger partial charge in [-0.1, -0.05) is 6.07 Å². The molecule has 0 aromatic carbocycles. The van der Waals surface area contributed by atoms with Crippen LogP contribution in [0.5, 0.6) is 0 Å². The number of carbonyl (C=O) groups excluding carboxylic acids is 1. The van der Waals surface area contributed by atoms with Crippen LogP contribution in [0.25, 0.3) is 0 Å². The van der Waals surface area contributed by atoms with Crippen LogP contribution in [0.3, 0.4) is 0 Å². The summed E-state index contributed by atoms with van der Waals surface area (Å²) in [5.74, 6) is 0.964. The highest BCUT2D eigenvalue weighted by Gasteiger charge is 2.37. The third-order valence-electron chi connectivity index (χ3n) is 6.85. The van der Waals surface area contributed by atoms with Gasteiger partial charge in [-0.05, 0) is 37.0 Å². The van der Waals surface area contributed by atoms with Gasteiger partial charge in [0.05, 0.1) is 5.56 Å². The fraction of sp³-hybridized carbons (Fsp3) is 0.522. The summed E-state index contributed by atoms with van der Waals surface area (Å²) in [6.45, 7) is 3.48. The van der Waals surface area contributed by atoms with Crippen molar-refractivity contribution in [1.82, 2.24) is 19.4 Å². The van der Waals surface area contributed by atoms with E-state index >= 15 is 0 Å². The molecule has 0 spiro atoms. The van der Waals surface area contributed by atoms with Crippen molar-refractivity contribution in [2.75, 3.05) is 38.5 Å². The van der Waals surface area contributed by atoms with E-state index in [1.807, 2.05) is 26.5 Å². The molecule has 8 heteroatoms. The quantitative estimate of drug-likeness (QED) is 0.812. The van der Waals surface area contributed by atoms with Gasteiger partial charge in [0, 0.05) is 69.7 Å². The van der Waals surface area contributed by atoms with Crippen molar-refractivity contribution in [1.29, 1.82) is 0 Å². The molecule has 2 saturated heterocycles. The van der Waals surface area contributed by atoms with Crippen LogP contribution in [0, 0.1) is 5.92 Å². The molecule has 5 heterocycles. The summed E-state index contributed by atoms with van der Waals surface area (Å²) in [6.07, 6.45) is 2.42. The molecule has 7 nitrogen and oxygen atoms in total. The molecule has 2 aromatic heterocycles. The van der Waals surface area contributed by atoms with Crippen molar-refractivity contribution >= 4 is 11.7 Å². The summed E-state index contributed by atoms with van der Waals surface area (Å²) in [7, 11) is 1.76. The first-order chi connectivity index (χ1) is 15.0. The number of alkyl halides is 1. The van der Waals surface area contributed by atoms with Gasteiger partial charge in [0.25, 0.3) is 11.5 Å². The number of carbonyl (C=O) groups is 1. The van der Waals surface area contributed by atoms with E-state index in [1.54, 1.807) is 25.4 Å². The number of halogens is 1. The molecule has 2 fully saturated rings. The van der Waals surface area contributed by atoms with Gasteiger partial charge in [-0.2, -0.15) is 0 Å². The van der Waals surface area contributed by atoms with Crippen molar-refractivity contribution < 1.29 is 9.18 Å². The van der Waals surface area contributed by atoms with E-state index in [9.17, 15) is 14.0 Å². The highest BCUT2D eigenvalue weighted by molar-refractivity contribution is 5.98. The first-order valence-corrected chi connectivity index (χ1v) is 11.0. The minimum atomic E-state index is -0.786. The molecule has 0 unspecified atom stereocenters. The number of fused-ring (bicyclic) bond motifs is 4. The number of hydrogen-bond donors (Lipinski definition) is 1. The summed E-state index contributed by atoms with van der Waals surface area (Å²) in [6, 6.07) is 7.52. The Morgan fingerprint density at radius 1 is 1.23 bits per heavy atom. The highest BCUT2D eigenvalue weighted by atomic mass is 19.1. The van der Waals surface area contributed by atoms with Crippen LogP contribution in [-0.2, 0) is 13.1 Å². The van der Waals surface area contributed by atoms with Gasteiger partial charge in [-0.3, -0.25) is 14.5 Å². The highest BCUT2D eigenvalue weighted by Crippen LogP contribution is 2.36. The van der Waals surface area contributed by atoms with E-state index in [0.717, 1.165) is 17.7 Å². The second-order valence-electron chi connectivity index (χ2n) is 8.98. The number of nitrogens with zero attached hydrogens (tertiary/aromatic N) is 4. The second kappa shape index (κ2) is 8.07. The van der Waals surface area contributed by atoms with Gasteiger partial charge in [0.15, 0.2) is 0 Å². The summed E-state index contributed by atoms with van der Waals surface area (Å²) in [4.78, 5) is 34.6. The number of pyridine rings is 2. The van der Waals surface area contributed by atoms with E-state index in [4.69, 9.17) is 0 Å². The average molecular weight is 426 g/mol. The third-order valence-corrected chi connectivity index (χ3v) is 6.85. The smallest absolute Gasteiger partial charge is 0.257 e. The molecule has 31 heavy (non-hydrogen) atoms. The Morgan fingerprint density at radius 3 is 2.87 bits per heavy atom. The van der Waals surface area contributed by atoms with E-state index in [0.29, 0.717) is 57.1 Å². The predicted octanol–water partition coefficient (Wildman–Crippen LogP) is 2.09. The summed E-state index contributed by atoms with van der Waals surface area (Å²) in [5, 5.41) is 3.00. The monoisotopic (exact) mass is 425 g/mol. The zero-order valence-corrected chi connectivity index (χ0v) is 17.8. The van der Waals surface area contributed by atoms with E-state index in [2.05, 4.69) is 10.3 Å². The maximum absolute atomic E-state index is 13.5. The van der Waals surface area contributed by atoms with Crippen LogP contribution >= 0.6 is 0 Å². The number of hydrogen-bond acceptors (Lipinski definition) is 5. The van der Waals surface area contributed by atoms with Crippen LogP contribution in [0.15, 0.2) is 35.3 Å². The average Bonchev–Trinajstić information content (AvgIpc) is 3.20. The van der Waals surface area contributed by atoms with E-state index in [1.165, 1.54) is 0 Å². The van der Waals surface area contributed by atoms with Crippen LogP contribution in [-0.4, -0.2) is 64.7 Å². The number of aromatic nitrogens is 2. The fourth-order valence-electron chi connectivity index (χ4n) is 5.39. The lowest BCUT2D eigenvalue weighted by Gasteiger charge is -2.43. The number of likely N-dealkylation sites (tertiary alicyclic amines) is 2. The molecule has 1 N–H and O–H groups in total. The van der Waals surface area contributed by atoms with Crippen LogP contribution in [0.2, 0.25) is 0 Å². The lowest BCUT2D eigenvalue weighted by Crippen LogP contribution is -2.49. The molecule has 0 radical (unpaired) electrons. The summed E-state index contributed by atoms with van der Waals surface area (Å²) in [5.41, 5.74) is 2.36. The lowest BCUT2D eigenvalue weighted by molar-refractivity contribution is 0.0594. The SMILES string of the molecule is CNc1ncccc1C(=O)N1C[C@@H]2C[C@H](C1)c1ccc(CN3CC[C@@H](F)C3)c(=O)n1C2. The summed E-state index contributed by atoms with van der Waals surface area (Å²) < 4.78 is 15.4. The van der Waals surface area contributed by atoms with Crippen molar-refractivity contribution in [2.45, 2.75) is 38.0 Å². The minimum absolute atomic E-state index is 0.0191. The molecular formula is C23H28FN5O2. The van der Waals surface area contributed by atoms with Gasteiger partial charge in [0.2, 0.25) is 0 Å². The second-order valence-corrected chi connectivity index (χ2v) is 8.98. The first-order valence-electron chi connectivity index (χ1n) is 11.0. The Kier molecular flexibility index (Phi) is 5.25. The van der Waals surface area contributed by atoms with Gasteiger partial charge in [0.1, 0.15) is 12.0 Å². The predicted molar refractivity (Wildman–Crippen MR) is 116 cm³/mol. The topological polar surface area (TPSA) is 70.5 Å². The molecule has 1 amide bonds. The molecule has 2 bridgehead atoms. The first kappa shape index (κ1) is 20.2. The number of rotatable bonds is 4. The Labute approximate surface area is 180 Å². The Morgan fingerprint density at radius 2 is 2.10 bits per heavy atom. The molecule has 0 aliphatic carbocycles. The normalized spacial score (nSPS) is 25.4. The van der Waals surface area contributed by atoms with Crippen molar-refractivity contribution in [3.63, 3.8) is 0 Å². The Bertz CT molecular complexity index is 1050. The van der Waals surface area contributed by atoms with Crippen molar-refractivity contribution in [3.05, 3.63) is 57.6 Å². The number of nitrogens with one attached hydrogen (secondary N) is 1. The Balaban J connectivity index is 1.37. The lowest BCUT2D eigenvalue weighted by atomic mass is 9.82. The Hall–Kier alpha value is -2.74. The molecule has 3 aliphatic heterocycles. The number of piperidine rings is 1. The molecule has 3 aliphatic rings. The zero-order valence-electron chi connectivity index (χ0n) is 17.8. The fourth-order valence-corrected chi connectivity index (χ4v) is 5.39. The van der Waals surface area contributed by atoms with Crippen LogP contribution in [0.1, 0.15) is 40.4 Å². The molecule has 2 aromatic rings. The van der Waals surface area contributed by atoms with Gasteiger partial charge in [-0.25, -0.2) is 9.37 Å². The van der Waals surface area contributed by atoms with Gasteiger partial charge < -0.3 is 14.8 Å². The number of anilines is 1. The van der Waals surface area contributed by atoms with Crippen molar-refractivity contribution in [3.8, 4) is 0 Å². The van der Waals surface area contributed by atoms with Crippen LogP contribution in [0.4, 0.5) is 10.2 Å². The summed E-state index contributed by atoms with van der Waals surface area (Å²) >= 11 is 0. The number of amides is 1. The molecule has 0 saturated carbocycles. The van der Waals surface area contributed by atoms with Gasteiger partial charge in [-0.15, -0.1) is 0 Å². The molecule has 5 rings (SSSR count). The zero-order chi connectivity index (χ0) is 21.5. The minimum Gasteiger partial charge on any atom is -0.372 e. The van der Waals surface area contributed by atoms with E-state index in [-0.39, 0.29) is 23.3 Å². The molecular weight excluding hydrogens is 397 g/mol. The standard InChI is InChI=1S/C23H28FN5O2/c1-25-21-19(3-2-7-26-21)23(31)28-10-15-9-17(13-28)20-5-4-16(22(30)29(20)11-15)12-27-8-6-18(24)14-27/h2-5,7,15,17-18H,6,8-14H2,1H3,(H,25,26)/t15-,17+,18+/m0/s1. The molecule has 3 atom stereocenters. The van der Waals surface area contributed by atoms with Gasteiger partial charge >= 0.3 is 0 Å². The largest absolute Gasteiger partial charge is 0.372 e. The molecule has 164 valence electrons. The third kappa shape index (κ3) is 3.73. The maximum Gasteiger partial charge on any atom is 0.257 e. The van der Waals surface area contributed by atoms with E-state index < -0.39 is 6.17 Å².